The lowest BCUT2D eigenvalue weighted by atomic mass is 9.97. The first-order valence-corrected chi connectivity index (χ1v) is 13.4. The molecule has 0 atom stereocenters. The highest BCUT2D eigenvalue weighted by Crippen LogP contribution is 2.32. The number of likely N-dealkylation sites (tertiary alicyclic amines) is 1. The van der Waals surface area contributed by atoms with E-state index in [9.17, 15) is 18.0 Å². The summed E-state index contributed by atoms with van der Waals surface area (Å²) >= 11 is 0. The molecule has 1 aliphatic rings. The topological polar surface area (TPSA) is 81.8 Å². The summed E-state index contributed by atoms with van der Waals surface area (Å²) in [5.41, 5.74) is 1.14. The Balaban J connectivity index is 1.25. The van der Waals surface area contributed by atoms with Crippen LogP contribution in [0.1, 0.15) is 37.9 Å². The number of hydrogen-bond acceptors (Lipinski definition) is 7. The molecule has 214 valence electrons. The van der Waals surface area contributed by atoms with Crippen molar-refractivity contribution in [1.82, 2.24) is 19.4 Å². The van der Waals surface area contributed by atoms with E-state index in [2.05, 4.69) is 19.9 Å². The fourth-order valence-corrected chi connectivity index (χ4v) is 4.91. The molecule has 11 heteroatoms. The second-order valence-corrected chi connectivity index (χ2v) is 9.87. The Labute approximate surface area is 235 Å². The Hall–Kier alpha value is -4.25. The van der Waals surface area contributed by atoms with Crippen LogP contribution in [0.2, 0.25) is 0 Å². The molecule has 0 radical (unpaired) electrons. The van der Waals surface area contributed by atoms with Crippen molar-refractivity contribution in [3.05, 3.63) is 78.4 Å². The van der Waals surface area contributed by atoms with E-state index in [0.29, 0.717) is 30.6 Å². The second kappa shape index (κ2) is 12.1. The Bertz CT molecular complexity index is 1560. The molecular weight excluding hydrogens is 535 g/mol. The summed E-state index contributed by atoms with van der Waals surface area (Å²) in [7, 11) is 0. The number of aliphatic imine (C=N–C) groups is 1. The predicted octanol–water partition coefficient (Wildman–Crippen LogP) is 6.62. The number of hydrogen-bond donors (Lipinski definition) is 0. The molecule has 0 N–H and O–H groups in total. The number of piperidine rings is 1. The summed E-state index contributed by atoms with van der Waals surface area (Å²) < 4.78 is 52.2. The summed E-state index contributed by atoms with van der Waals surface area (Å²) in [6, 6.07) is 14.2. The van der Waals surface area contributed by atoms with Crippen LogP contribution in [-0.2, 0) is 22.3 Å². The number of carbonyl (C=O) groups excluding carboxylic acids is 1. The van der Waals surface area contributed by atoms with Gasteiger partial charge in [-0.1, -0.05) is 6.07 Å². The van der Waals surface area contributed by atoms with Gasteiger partial charge in [-0.3, -0.25) is 9.69 Å². The normalized spacial score (nSPS) is 15.3. The first-order valence-electron chi connectivity index (χ1n) is 13.4. The van der Waals surface area contributed by atoms with E-state index in [1.165, 1.54) is 18.5 Å². The number of alkyl halides is 3. The molecule has 41 heavy (non-hydrogen) atoms. The number of fused-ring (bicyclic) bond motifs is 1. The molecular formula is C30H30F3N5O3. The molecule has 0 spiro atoms. The number of rotatable bonds is 7. The quantitative estimate of drug-likeness (QED) is 0.142. The Morgan fingerprint density at radius 2 is 1.88 bits per heavy atom. The number of carbonyl (C=O) groups is 1. The van der Waals surface area contributed by atoms with Crippen molar-refractivity contribution in [3.63, 3.8) is 0 Å². The van der Waals surface area contributed by atoms with Crippen LogP contribution in [0.25, 0.3) is 10.9 Å². The summed E-state index contributed by atoms with van der Waals surface area (Å²) in [6.07, 6.45) is 0.380. The molecule has 3 heterocycles. The van der Waals surface area contributed by atoms with Gasteiger partial charge in [0.15, 0.2) is 0 Å². The van der Waals surface area contributed by atoms with Crippen LogP contribution in [0.4, 0.5) is 18.9 Å². The molecule has 4 aromatic rings. The molecule has 1 aliphatic heterocycles. The predicted molar refractivity (Wildman–Crippen MR) is 148 cm³/mol. The van der Waals surface area contributed by atoms with Crippen molar-refractivity contribution in [3.8, 4) is 11.6 Å². The van der Waals surface area contributed by atoms with Crippen LogP contribution in [0, 0.1) is 5.92 Å². The summed E-state index contributed by atoms with van der Waals surface area (Å²) in [6.45, 7) is 6.16. The number of nitrogens with zero attached hydrogens (tertiary/aromatic N) is 5. The zero-order valence-electron chi connectivity index (χ0n) is 22.8. The largest absolute Gasteiger partial charge is 0.466 e. The lowest BCUT2D eigenvalue weighted by Crippen LogP contribution is -2.36. The molecule has 2 aromatic carbocycles. The molecule has 0 amide bonds. The molecule has 2 aromatic heterocycles. The van der Waals surface area contributed by atoms with Crippen molar-refractivity contribution in [2.24, 2.45) is 10.9 Å². The van der Waals surface area contributed by atoms with Gasteiger partial charge >= 0.3 is 12.1 Å². The standard InChI is InChI=1S/C30H30F3N5O3/c1-3-40-29(39)21-9-12-37(13-10-21)18-25-17-28(35-19-34-25)41-26-7-8-27-22(15-26)11-14-38(27)20(2)36-24-6-4-5-23(16-24)30(31,32)33/h4-8,11,14-17,19,21H,3,9-10,12-13,18H2,1-2H3. The SMILES string of the molecule is CCOC(=O)C1CCN(Cc2cc(Oc3ccc4c(ccn4C(C)=Nc4cccc(C(F)(F)F)c4)c3)ncn2)CC1. The second-order valence-electron chi connectivity index (χ2n) is 9.87. The van der Waals surface area contributed by atoms with Gasteiger partial charge in [0.25, 0.3) is 0 Å². The fraction of sp³-hybridized carbons (Fsp3) is 0.333. The van der Waals surface area contributed by atoms with Crippen molar-refractivity contribution >= 4 is 28.4 Å². The van der Waals surface area contributed by atoms with E-state index >= 15 is 0 Å². The first kappa shape index (κ1) is 28.3. The Kier molecular flexibility index (Phi) is 8.34. The van der Waals surface area contributed by atoms with E-state index in [1.54, 1.807) is 19.1 Å². The molecule has 1 saturated heterocycles. The van der Waals surface area contributed by atoms with Crippen LogP contribution in [0.3, 0.4) is 0 Å². The average Bonchev–Trinajstić information content (AvgIpc) is 3.37. The number of esters is 1. The smallest absolute Gasteiger partial charge is 0.416 e. The zero-order chi connectivity index (χ0) is 29.0. The minimum atomic E-state index is -4.43. The van der Waals surface area contributed by atoms with Crippen molar-refractivity contribution in [2.75, 3.05) is 19.7 Å². The van der Waals surface area contributed by atoms with Crippen LogP contribution >= 0.6 is 0 Å². The highest BCUT2D eigenvalue weighted by atomic mass is 19.4. The molecule has 5 rings (SSSR count). The fourth-order valence-electron chi connectivity index (χ4n) is 4.91. The maximum absolute atomic E-state index is 13.1. The zero-order valence-corrected chi connectivity index (χ0v) is 22.8. The van der Waals surface area contributed by atoms with Gasteiger partial charge in [0, 0.05) is 24.2 Å². The van der Waals surface area contributed by atoms with E-state index in [-0.39, 0.29) is 17.6 Å². The minimum absolute atomic E-state index is 0.0454. The summed E-state index contributed by atoms with van der Waals surface area (Å²) in [5, 5.41) is 0.875. The lowest BCUT2D eigenvalue weighted by molar-refractivity contribution is -0.149. The maximum Gasteiger partial charge on any atom is 0.416 e. The van der Waals surface area contributed by atoms with Gasteiger partial charge in [0.05, 0.1) is 35.0 Å². The van der Waals surface area contributed by atoms with Gasteiger partial charge in [-0.2, -0.15) is 13.2 Å². The Morgan fingerprint density at radius 3 is 2.63 bits per heavy atom. The van der Waals surface area contributed by atoms with Gasteiger partial charge < -0.3 is 14.0 Å². The van der Waals surface area contributed by atoms with Crippen LogP contribution in [0.15, 0.2) is 72.1 Å². The molecule has 1 fully saturated rings. The van der Waals surface area contributed by atoms with Crippen molar-refractivity contribution in [2.45, 2.75) is 39.4 Å². The number of aromatic nitrogens is 3. The molecule has 0 unspecified atom stereocenters. The van der Waals surface area contributed by atoms with Crippen LogP contribution < -0.4 is 4.74 Å². The van der Waals surface area contributed by atoms with E-state index in [4.69, 9.17) is 9.47 Å². The molecule has 0 saturated carbocycles. The highest BCUT2D eigenvalue weighted by Gasteiger charge is 2.30. The van der Waals surface area contributed by atoms with E-state index < -0.39 is 11.7 Å². The summed E-state index contributed by atoms with van der Waals surface area (Å²) in [5.74, 6) is 1.37. The van der Waals surface area contributed by atoms with Gasteiger partial charge in [-0.15, -0.1) is 0 Å². The third-order valence-electron chi connectivity index (χ3n) is 6.99. The number of halogens is 3. The average molecular weight is 566 g/mol. The minimum Gasteiger partial charge on any atom is -0.466 e. The van der Waals surface area contributed by atoms with E-state index in [1.807, 2.05) is 35.9 Å². The van der Waals surface area contributed by atoms with Crippen molar-refractivity contribution in [1.29, 1.82) is 0 Å². The molecule has 0 bridgehead atoms. The molecule has 8 nitrogen and oxygen atoms in total. The number of ether oxygens (including phenoxy) is 2. The highest BCUT2D eigenvalue weighted by molar-refractivity contribution is 5.95. The van der Waals surface area contributed by atoms with Crippen molar-refractivity contribution < 1.29 is 27.4 Å². The lowest BCUT2D eigenvalue weighted by Gasteiger charge is -2.30. The van der Waals surface area contributed by atoms with Gasteiger partial charge in [0.1, 0.15) is 17.9 Å². The number of benzene rings is 2. The molecule has 0 aliphatic carbocycles. The maximum atomic E-state index is 13.1. The van der Waals surface area contributed by atoms with E-state index in [0.717, 1.165) is 54.7 Å². The van der Waals surface area contributed by atoms with Gasteiger partial charge in [0.2, 0.25) is 5.88 Å². The third-order valence-corrected chi connectivity index (χ3v) is 6.99. The Morgan fingerprint density at radius 1 is 1.07 bits per heavy atom. The first-order chi connectivity index (χ1) is 19.7. The van der Waals surface area contributed by atoms with Crippen LogP contribution in [0.5, 0.6) is 11.6 Å². The van der Waals surface area contributed by atoms with Gasteiger partial charge in [-0.05, 0) is 82.2 Å². The van der Waals surface area contributed by atoms with Gasteiger partial charge in [-0.25, -0.2) is 15.0 Å². The third kappa shape index (κ3) is 6.91. The van der Waals surface area contributed by atoms with Crippen LogP contribution in [-0.4, -0.2) is 50.9 Å². The summed E-state index contributed by atoms with van der Waals surface area (Å²) in [4.78, 5) is 27.3. The monoisotopic (exact) mass is 565 g/mol.